The summed E-state index contributed by atoms with van der Waals surface area (Å²) < 4.78 is 51.3. The van der Waals surface area contributed by atoms with E-state index in [4.69, 9.17) is 24.1 Å². The molecule has 0 aromatic carbocycles. The van der Waals surface area contributed by atoms with Gasteiger partial charge in [-0.2, -0.15) is 18.3 Å². The molecule has 3 N–H and O–H groups in total. The predicted molar refractivity (Wildman–Crippen MR) is 137 cm³/mol. The molecular formula is C26H30F3N5O7. The number of hydrogen-bond acceptors (Lipinski definition) is 9. The van der Waals surface area contributed by atoms with Gasteiger partial charge in [-0.05, 0) is 31.9 Å². The molecule has 0 bridgehead atoms. The van der Waals surface area contributed by atoms with Crippen molar-refractivity contribution in [3.05, 3.63) is 35.3 Å². The molecule has 3 aliphatic rings. The number of aliphatic carboxylic acids is 2. The van der Waals surface area contributed by atoms with Crippen LogP contribution in [0.25, 0.3) is 0 Å². The van der Waals surface area contributed by atoms with Crippen molar-refractivity contribution in [1.82, 2.24) is 20.1 Å². The topological polar surface area (TPSA) is 148 Å². The summed E-state index contributed by atoms with van der Waals surface area (Å²) in [5, 5.41) is 23.8. The highest BCUT2D eigenvalue weighted by molar-refractivity contribution is 5.74. The summed E-state index contributed by atoms with van der Waals surface area (Å²) >= 11 is 0. The van der Waals surface area contributed by atoms with Crippen LogP contribution in [-0.2, 0) is 26.1 Å². The number of morpholine rings is 1. The minimum Gasteiger partial charge on any atom is -0.480 e. The molecule has 1 spiro atoms. The van der Waals surface area contributed by atoms with Crippen LogP contribution in [0, 0.1) is 18.8 Å². The molecule has 3 aliphatic heterocycles. The first kappa shape index (κ1) is 30.1. The average Bonchev–Trinajstić information content (AvgIpc) is 3.48. The fourth-order valence-electron chi connectivity index (χ4n) is 4.71. The molecular weight excluding hydrogens is 551 g/mol. The van der Waals surface area contributed by atoms with Crippen molar-refractivity contribution in [2.75, 3.05) is 37.8 Å². The number of carbonyl (C=O) groups is 2. The minimum absolute atomic E-state index is 0.0514. The second kappa shape index (κ2) is 11.9. The third-order valence-electron chi connectivity index (χ3n) is 7.03. The maximum Gasteiger partial charge on any atom is 0.490 e. The molecule has 0 radical (unpaired) electrons. The van der Waals surface area contributed by atoms with E-state index in [9.17, 15) is 23.1 Å². The molecule has 2 aromatic rings. The molecule has 2 aromatic heterocycles. The number of ether oxygens (including phenoxy) is 3. The number of rotatable bonds is 4. The summed E-state index contributed by atoms with van der Waals surface area (Å²) in [5.74, 6) is 3.22. The Morgan fingerprint density at radius 2 is 1.95 bits per heavy atom. The first-order valence-corrected chi connectivity index (χ1v) is 12.7. The van der Waals surface area contributed by atoms with Crippen molar-refractivity contribution in [2.45, 2.75) is 50.2 Å². The molecule has 41 heavy (non-hydrogen) atoms. The van der Waals surface area contributed by atoms with Gasteiger partial charge in [0, 0.05) is 38.3 Å². The molecule has 5 heterocycles. The number of alkyl halides is 3. The molecule has 0 amide bonds. The van der Waals surface area contributed by atoms with Gasteiger partial charge in [-0.3, -0.25) is 9.48 Å². The largest absolute Gasteiger partial charge is 0.490 e. The Bertz CT molecular complexity index is 1350. The van der Waals surface area contributed by atoms with Crippen LogP contribution in [0.3, 0.4) is 0 Å². The molecule has 0 unspecified atom stereocenters. The normalized spacial score (nSPS) is 23.1. The molecule has 222 valence electrons. The Morgan fingerprint density at radius 3 is 2.49 bits per heavy atom. The van der Waals surface area contributed by atoms with E-state index >= 15 is 0 Å². The van der Waals surface area contributed by atoms with Gasteiger partial charge in [-0.1, -0.05) is 5.92 Å². The van der Waals surface area contributed by atoms with E-state index in [1.54, 1.807) is 10.9 Å². The zero-order chi connectivity index (χ0) is 29.9. The van der Waals surface area contributed by atoms with Gasteiger partial charge in [0.2, 0.25) is 5.88 Å². The third-order valence-corrected chi connectivity index (χ3v) is 7.03. The van der Waals surface area contributed by atoms with E-state index in [0.29, 0.717) is 45.2 Å². The lowest BCUT2D eigenvalue weighted by atomic mass is 9.90. The fraction of sp³-hybridized carbons (Fsp3) is 0.538. The fourth-order valence-corrected chi connectivity index (χ4v) is 4.71. The lowest BCUT2D eigenvalue weighted by Crippen LogP contribution is -2.68. The predicted octanol–water partition coefficient (Wildman–Crippen LogP) is 1.34. The van der Waals surface area contributed by atoms with E-state index in [-0.39, 0.29) is 17.7 Å². The molecule has 15 heteroatoms. The number of nitrogens with zero attached hydrogens (tertiary/aromatic N) is 4. The maximum atomic E-state index is 11.3. The van der Waals surface area contributed by atoms with E-state index < -0.39 is 24.2 Å². The van der Waals surface area contributed by atoms with Crippen molar-refractivity contribution in [3.8, 4) is 17.7 Å². The zero-order valence-corrected chi connectivity index (χ0v) is 22.6. The van der Waals surface area contributed by atoms with Gasteiger partial charge in [0.15, 0.2) is 0 Å². The van der Waals surface area contributed by atoms with E-state index in [1.807, 2.05) is 26.1 Å². The number of aromatic nitrogens is 3. The Balaban J connectivity index is 0.000000493. The number of carboxylic acids is 2. The second-order valence-corrected chi connectivity index (χ2v) is 9.95. The Morgan fingerprint density at radius 1 is 1.24 bits per heavy atom. The van der Waals surface area contributed by atoms with E-state index in [2.05, 4.69) is 39.1 Å². The summed E-state index contributed by atoms with van der Waals surface area (Å²) in [7, 11) is 1.87. The molecule has 0 saturated carbocycles. The Hall–Kier alpha value is -3.87. The van der Waals surface area contributed by atoms with Crippen LogP contribution in [0.5, 0.6) is 5.88 Å². The highest BCUT2D eigenvalue weighted by Gasteiger charge is 2.50. The summed E-state index contributed by atoms with van der Waals surface area (Å²) in [6, 6.07) is 3.37. The summed E-state index contributed by atoms with van der Waals surface area (Å²) in [4.78, 5) is 27.1. The average molecular weight is 582 g/mol. The second-order valence-electron chi connectivity index (χ2n) is 9.95. The van der Waals surface area contributed by atoms with Gasteiger partial charge in [0.1, 0.15) is 29.1 Å². The van der Waals surface area contributed by atoms with Gasteiger partial charge in [0.25, 0.3) is 0 Å². The lowest BCUT2D eigenvalue weighted by molar-refractivity contribution is -0.228. The van der Waals surface area contributed by atoms with Crippen LogP contribution < -0.4 is 15.0 Å². The standard InChI is InChI=1S/C24H29N5O5.C2HF3O2/c1-15-8-18(28(3)27-15)5-4-17-9-21(29-6-7-33-24(16(29)2)13-32-14-24)22(26-11-17)34-19-10-20(23(30)31)25-12-19;3-2(4,5)1(6)7/h8-9,11,16,19-20,25H,6-7,10,12-14H2,1-3H3,(H,30,31);(H,6,7)/t16-,19-,20-;/m0./s1. The molecule has 3 fully saturated rings. The van der Waals surface area contributed by atoms with Gasteiger partial charge in [0.05, 0.1) is 31.6 Å². The minimum atomic E-state index is -5.08. The highest BCUT2D eigenvalue weighted by Crippen LogP contribution is 2.38. The first-order chi connectivity index (χ1) is 19.3. The Labute approximate surface area is 233 Å². The lowest BCUT2D eigenvalue weighted by Gasteiger charge is -2.53. The summed E-state index contributed by atoms with van der Waals surface area (Å²) in [6.45, 7) is 6.88. The van der Waals surface area contributed by atoms with Crippen molar-refractivity contribution in [1.29, 1.82) is 0 Å². The van der Waals surface area contributed by atoms with Crippen molar-refractivity contribution >= 4 is 17.6 Å². The number of halogens is 3. The number of hydrogen-bond donors (Lipinski definition) is 3. The summed E-state index contributed by atoms with van der Waals surface area (Å²) in [5.41, 5.74) is 2.98. The quantitative estimate of drug-likeness (QED) is 0.450. The number of carboxylic acid groups (broad SMARTS) is 2. The van der Waals surface area contributed by atoms with E-state index in [1.165, 1.54) is 0 Å². The third kappa shape index (κ3) is 6.89. The van der Waals surface area contributed by atoms with Crippen LogP contribution in [0.4, 0.5) is 18.9 Å². The van der Waals surface area contributed by atoms with Crippen molar-refractivity contribution in [3.63, 3.8) is 0 Å². The molecule has 3 saturated heterocycles. The number of nitrogens with one attached hydrogen (secondary N) is 1. The molecule has 12 nitrogen and oxygen atoms in total. The maximum absolute atomic E-state index is 11.3. The van der Waals surface area contributed by atoms with E-state index in [0.717, 1.165) is 22.6 Å². The number of aryl methyl sites for hydroxylation is 2. The van der Waals surface area contributed by atoms with Gasteiger partial charge < -0.3 is 34.6 Å². The Kier molecular flexibility index (Phi) is 8.76. The smallest absolute Gasteiger partial charge is 0.480 e. The van der Waals surface area contributed by atoms with Crippen LogP contribution >= 0.6 is 0 Å². The zero-order valence-electron chi connectivity index (χ0n) is 22.6. The summed E-state index contributed by atoms with van der Waals surface area (Å²) in [6.07, 6.45) is -3.28. The monoisotopic (exact) mass is 581 g/mol. The van der Waals surface area contributed by atoms with Crippen LogP contribution in [-0.4, -0.2) is 99.8 Å². The van der Waals surface area contributed by atoms with Gasteiger partial charge in [-0.25, -0.2) is 9.78 Å². The first-order valence-electron chi connectivity index (χ1n) is 12.7. The van der Waals surface area contributed by atoms with Crippen LogP contribution in [0.1, 0.15) is 30.3 Å². The molecule has 3 atom stereocenters. The van der Waals surface area contributed by atoms with Gasteiger partial charge >= 0.3 is 18.1 Å². The molecule has 0 aliphatic carbocycles. The van der Waals surface area contributed by atoms with Crippen LogP contribution in [0.15, 0.2) is 18.3 Å². The van der Waals surface area contributed by atoms with Crippen molar-refractivity contribution in [2.24, 2.45) is 7.05 Å². The SMILES string of the molecule is Cc1cc(C#Cc2cnc(O[C@@H]3CN[C@H](C(=O)O)C3)c(N3CCOC4(COC4)[C@@H]3C)c2)n(C)n1.O=C(O)C(F)(F)F. The molecule has 5 rings (SSSR count). The number of pyridine rings is 1. The van der Waals surface area contributed by atoms with Crippen LogP contribution in [0.2, 0.25) is 0 Å². The van der Waals surface area contributed by atoms with Gasteiger partial charge in [-0.15, -0.1) is 0 Å². The highest BCUT2D eigenvalue weighted by atomic mass is 19.4. The number of anilines is 1. The van der Waals surface area contributed by atoms with Crippen molar-refractivity contribution < 1.29 is 47.2 Å².